The number of sulfonamides is 1. The summed E-state index contributed by atoms with van der Waals surface area (Å²) in [6, 6.07) is 8.14. The molecule has 0 aliphatic rings. The maximum Gasteiger partial charge on any atom is 0.240 e. The Hall–Kier alpha value is -2.00. The third kappa shape index (κ3) is 4.39. The van der Waals surface area contributed by atoms with E-state index in [9.17, 15) is 8.42 Å². The Morgan fingerprint density at radius 1 is 1.31 bits per heavy atom. The van der Waals surface area contributed by atoms with E-state index in [2.05, 4.69) is 14.7 Å². The minimum absolute atomic E-state index is 0.0950. The first-order chi connectivity index (χ1) is 12.5. The fourth-order valence-electron chi connectivity index (χ4n) is 2.25. The van der Waals surface area contributed by atoms with Gasteiger partial charge in [-0.25, -0.2) is 18.1 Å². The third-order valence-corrected chi connectivity index (χ3v) is 6.26. The molecule has 0 aliphatic heterocycles. The number of hydrogen-bond donors (Lipinski definition) is 1. The van der Waals surface area contributed by atoms with Gasteiger partial charge in [-0.3, -0.25) is 4.98 Å². The normalized spacial score (nSPS) is 11.5. The Kier molecular flexibility index (Phi) is 5.87. The number of hydrogen-bond acceptors (Lipinski definition) is 6. The van der Waals surface area contributed by atoms with Crippen molar-refractivity contribution in [3.63, 3.8) is 0 Å². The van der Waals surface area contributed by atoms with Crippen LogP contribution in [0.2, 0.25) is 5.02 Å². The summed E-state index contributed by atoms with van der Waals surface area (Å²) < 4.78 is 32.3. The average Bonchev–Trinajstić information content (AvgIpc) is 3.11. The van der Waals surface area contributed by atoms with Crippen molar-refractivity contribution >= 4 is 33.0 Å². The van der Waals surface area contributed by atoms with E-state index >= 15 is 0 Å². The predicted molar refractivity (Wildman–Crippen MR) is 102 cm³/mol. The molecule has 9 heteroatoms. The summed E-state index contributed by atoms with van der Waals surface area (Å²) in [6.07, 6.45) is 3.94. The van der Waals surface area contributed by atoms with Gasteiger partial charge in [-0.15, -0.1) is 11.3 Å². The van der Waals surface area contributed by atoms with Gasteiger partial charge >= 0.3 is 0 Å². The van der Waals surface area contributed by atoms with Gasteiger partial charge in [0.1, 0.15) is 10.8 Å². The van der Waals surface area contributed by atoms with E-state index in [1.807, 2.05) is 17.5 Å². The Morgan fingerprint density at radius 3 is 2.85 bits per heavy atom. The van der Waals surface area contributed by atoms with Gasteiger partial charge in [0, 0.05) is 36.3 Å². The highest BCUT2D eigenvalue weighted by Crippen LogP contribution is 2.27. The van der Waals surface area contributed by atoms with Crippen LogP contribution in [0.3, 0.4) is 0 Å². The first-order valence-corrected chi connectivity index (χ1v) is 10.4. The number of halogens is 1. The third-order valence-electron chi connectivity index (χ3n) is 3.57. The topological polar surface area (TPSA) is 81.2 Å². The lowest BCUT2D eigenvalue weighted by atomic mass is 10.3. The number of ether oxygens (including phenoxy) is 1. The molecule has 2 aromatic heterocycles. The first-order valence-electron chi connectivity index (χ1n) is 7.67. The molecule has 0 spiro atoms. The van der Waals surface area contributed by atoms with Crippen LogP contribution in [-0.4, -0.2) is 32.0 Å². The summed E-state index contributed by atoms with van der Waals surface area (Å²) in [6.45, 7) is 0.238. The lowest BCUT2D eigenvalue weighted by Gasteiger charge is -2.08. The molecule has 0 fully saturated rings. The molecule has 2 heterocycles. The number of pyridine rings is 1. The molecule has 26 heavy (non-hydrogen) atoms. The summed E-state index contributed by atoms with van der Waals surface area (Å²) in [5, 5.41) is 3.02. The molecular weight excluding hydrogens is 394 g/mol. The number of methoxy groups -OCH3 is 1. The SMILES string of the molecule is COc1ccc(S(=O)(=O)NCCc2csc(-c3cccnc3)n2)cc1Cl. The van der Waals surface area contributed by atoms with Gasteiger partial charge in [-0.1, -0.05) is 11.6 Å². The molecule has 136 valence electrons. The summed E-state index contributed by atoms with van der Waals surface area (Å²) in [7, 11) is -2.17. The van der Waals surface area contributed by atoms with Gasteiger partial charge in [0.25, 0.3) is 0 Å². The van der Waals surface area contributed by atoms with Crippen molar-refractivity contribution in [1.29, 1.82) is 0 Å². The molecule has 3 aromatic rings. The van der Waals surface area contributed by atoms with E-state index < -0.39 is 10.0 Å². The van der Waals surface area contributed by atoms with Crippen LogP contribution >= 0.6 is 22.9 Å². The molecule has 0 unspecified atom stereocenters. The van der Waals surface area contributed by atoms with E-state index in [0.29, 0.717) is 12.2 Å². The molecular formula is C17H16ClN3O3S2. The number of thiazole rings is 1. The largest absolute Gasteiger partial charge is 0.495 e. The Labute approximate surface area is 160 Å². The minimum Gasteiger partial charge on any atom is -0.495 e. The van der Waals surface area contributed by atoms with Crippen LogP contribution < -0.4 is 9.46 Å². The molecule has 1 aromatic carbocycles. The molecule has 0 amide bonds. The predicted octanol–water partition coefficient (Wildman–Crippen LogP) is 3.39. The van der Waals surface area contributed by atoms with Crippen molar-refractivity contribution in [2.45, 2.75) is 11.3 Å². The molecule has 0 atom stereocenters. The second kappa shape index (κ2) is 8.13. The highest BCUT2D eigenvalue weighted by molar-refractivity contribution is 7.89. The van der Waals surface area contributed by atoms with Gasteiger partial charge < -0.3 is 4.74 Å². The van der Waals surface area contributed by atoms with Crippen LogP contribution in [-0.2, 0) is 16.4 Å². The van der Waals surface area contributed by atoms with E-state index in [4.69, 9.17) is 16.3 Å². The molecule has 0 saturated heterocycles. The second-order valence-corrected chi connectivity index (χ2v) is 8.36. The lowest BCUT2D eigenvalue weighted by molar-refractivity contribution is 0.414. The first kappa shape index (κ1) is 18.8. The van der Waals surface area contributed by atoms with Crippen LogP contribution in [0.15, 0.2) is 53.0 Å². The highest BCUT2D eigenvalue weighted by atomic mass is 35.5. The van der Waals surface area contributed by atoms with E-state index in [0.717, 1.165) is 16.3 Å². The van der Waals surface area contributed by atoms with Gasteiger partial charge in [-0.05, 0) is 30.3 Å². The zero-order valence-corrected chi connectivity index (χ0v) is 16.2. The van der Waals surface area contributed by atoms with Gasteiger partial charge in [0.2, 0.25) is 10.0 Å². The Balaban J connectivity index is 1.62. The number of benzene rings is 1. The van der Waals surface area contributed by atoms with Crippen LogP contribution in [0.4, 0.5) is 0 Å². The molecule has 0 radical (unpaired) electrons. The van der Waals surface area contributed by atoms with Gasteiger partial charge in [-0.2, -0.15) is 0 Å². The van der Waals surface area contributed by atoms with E-state index in [-0.39, 0.29) is 16.5 Å². The van der Waals surface area contributed by atoms with Crippen LogP contribution in [0, 0.1) is 0 Å². The summed E-state index contributed by atoms with van der Waals surface area (Å²) in [4.78, 5) is 8.68. The average molecular weight is 410 g/mol. The van der Waals surface area contributed by atoms with Gasteiger partial charge in [0.05, 0.1) is 22.7 Å². The van der Waals surface area contributed by atoms with E-state index in [1.54, 1.807) is 12.4 Å². The van der Waals surface area contributed by atoms with Crippen molar-refractivity contribution < 1.29 is 13.2 Å². The molecule has 3 rings (SSSR count). The summed E-state index contributed by atoms with van der Waals surface area (Å²) in [5.74, 6) is 0.427. The lowest BCUT2D eigenvalue weighted by Crippen LogP contribution is -2.26. The maximum absolute atomic E-state index is 12.4. The fourth-order valence-corrected chi connectivity index (χ4v) is 4.48. The van der Waals surface area contributed by atoms with Crippen molar-refractivity contribution in [3.05, 3.63) is 58.8 Å². The zero-order chi connectivity index (χ0) is 18.6. The van der Waals surface area contributed by atoms with Gasteiger partial charge in [0.15, 0.2) is 0 Å². The highest BCUT2D eigenvalue weighted by Gasteiger charge is 2.16. The zero-order valence-electron chi connectivity index (χ0n) is 13.8. The number of aromatic nitrogens is 2. The minimum atomic E-state index is -3.65. The van der Waals surface area contributed by atoms with Crippen LogP contribution in [0.1, 0.15) is 5.69 Å². The summed E-state index contributed by atoms with van der Waals surface area (Å²) in [5.41, 5.74) is 1.77. The Morgan fingerprint density at radius 2 is 2.15 bits per heavy atom. The number of rotatable bonds is 7. The molecule has 0 saturated carbocycles. The van der Waals surface area contributed by atoms with Crippen LogP contribution in [0.25, 0.3) is 10.6 Å². The van der Waals surface area contributed by atoms with E-state index in [1.165, 1.54) is 36.6 Å². The second-order valence-electron chi connectivity index (χ2n) is 5.33. The number of nitrogens with zero attached hydrogens (tertiary/aromatic N) is 2. The standard InChI is InChI=1S/C17H16ClN3O3S2/c1-24-16-5-4-14(9-15(16)18)26(22,23)20-8-6-13-11-25-17(21-13)12-3-2-7-19-10-12/h2-5,7,9-11,20H,6,8H2,1H3. The smallest absolute Gasteiger partial charge is 0.240 e. The fraction of sp³-hybridized carbons (Fsp3) is 0.176. The van der Waals surface area contributed by atoms with Crippen molar-refractivity contribution in [2.24, 2.45) is 0 Å². The monoisotopic (exact) mass is 409 g/mol. The van der Waals surface area contributed by atoms with Crippen molar-refractivity contribution in [2.75, 3.05) is 13.7 Å². The molecule has 1 N–H and O–H groups in total. The Bertz CT molecular complexity index is 991. The molecule has 6 nitrogen and oxygen atoms in total. The molecule has 0 aliphatic carbocycles. The number of nitrogens with one attached hydrogen (secondary N) is 1. The quantitative estimate of drug-likeness (QED) is 0.646. The summed E-state index contributed by atoms with van der Waals surface area (Å²) >= 11 is 7.50. The molecule has 0 bridgehead atoms. The van der Waals surface area contributed by atoms with Crippen molar-refractivity contribution in [3.8, 4) is 16.3 Å². The maximum atomic E-state index is 12.4. The van der Waals surface area contributed by atoms with Crippen LogP contribution in [0.5, 0.6) is 5.75 Å². The van der Waals surface area contributed by atoms with Crippen molar-refractivity contribution in [1.82, 2.24) is 14.7 Å².